The zero-order valence-electron chi connectivity index (χ0n) is 25.7. The lowest BCUT2D eigenvalue weighted by molar-refractivity contribution is -0.0686. The number of benzene rings is 2. The monoisotopic (exact) mass is 679 g/mol. The Labute approximate surface area is 257 Å². The molecule has 2 aromatic rings. The minimum atomic E-state index is -2.53. The number of rotatable bonds is 11. The molecule has 1 amide bonds. The predicted molar refractivity (Wildman–Crippen MR) is 177 cm³/mol. The molecule has 0 saturated carbocycles. The van der Waals surface area contributed by atoms with Gasteiger partial charge in [-0.2, -0.15) is 0 Å². The summed E-state index contributed by atoms with van der Waals surface area (Å²) in [6, 6.07) is 21.7. The summed E-state index contributed by atoms with van der Waals surface area (Å²) in [5, 5.41) is 2.63. The Morgan fingerprint density at radius 3 is 1.90 bits per heavy atom. The number of unbranched alkanes of at least 4 members (excludes halogenated alkanes) is 1. The van der Waals surface area contributed by atoms with Gasteiger partial charge in [-0.05, 0) is 75.2 Å². The van der Waals surface area contributed by atoms with Crippen LogP contribution in [0.1, 0.15) is 80.6 Å². The quantitative estimate of drug-likeness (QED) is 0.108. The summed E-state index contributed by atoms with van der Waals surface area (Å²) in [7, 11) is -2.53. The second-order valence-electron chi connectivity index (χ2n) is 13.2. The third-order valence-corrected chi connectivity index (χ3v) is 14.3. The van der Waals surface area contributed by atoms with Crippen LogP contribution in [-0.2, 0) is 13.9 Å². The van der Waals surface area contributed by atoms with Crippen LogP contribution in [0.3, 0.4) is 0 Å². The first-order valence-corrected chi connectivity index (χ1v) is 18.2. The number of hydrogen-bond donors (Lipinski definition) is 0. The summed E-state index contributed by atoms with van der Waals surface area (Å²) in [5.41, 5.74) is -0.625. The Morgan fingerprint density at radius 2 is 1.45 bits per heavy atom. The molecule has 0 aliphatic carbocycles. The molecule has 40 heavy (non-hydrogen) atoms. The van der Waals surface area contributed by atoms with E-state index in [4.69, 9.17) is 13.9 Å². The van der Waals surface area contributed by atoms with Crippen molar-refractivity contribution in [1.29, 1.82) is 0 Å². The van der Waals surface area contributed by atoms with Crippen molar-refractivity contribution in [2.24, 2.45) is 0 Å². The van der Waals surface area contributed by atoms with Crippen LogP contribution in [0.4, 0.5) is 4.79 Å². The van der Waals surface area contributed by atoms with Crippen LogP contribution in [0.2, 0.25) is 5.04 Å². The van der Waals surface area contributed by atoms with E-state index < -0.39 is 13.9 Å². The maximum Gasteiger partial charge on any atom is 0.410 e. The fourth-order valence-electron chi connectivity index (χ4n) is 5.61. The highest BCUT2D eigenvalue weighted by Crippen LogP contribution is 2.38. The standard InChI is InChI=1S/C33H50INO4Si/c1-27(39-40(32(5,6)7,28-17-10-8-11-18-28)29-19-12-9-13-20-29)16-14-15-25-37-33(26-34)21-23-35(24-22-33)30(36)38-31(2,3)4/h8-13,17-20,27H,14-16,21-26H2,1-7H3. The zero-order chi connectivity index (χ0) is 29.4. The number of carbonyl (C=O) groups is 1. The zero-order valence-corrected chi connectivity index (χ0v) is 28.8. The Morgan fingerprint density at radius 1 is 0.925 bits per heavy atom. The van der Waals surface area contributed by atoms with Gasteiger partial charge in [0.2, 0.25) is 0 Å². The van der Waals surface area contributed by atoms with Gasteiger partial charge in [-0.1, -0.05) is 104 Å². The summed E-state index contributed by atoms with van der Waals surface area (Å²) in [4.78, 5) is 14.3. The highest BCUT2D eigenvalue weighted by atomic mass is 127. The van der Waals surface area contributed by atoms with Crippen molar-refractivity contribution in [3.8, 4) is 0 Å². The van der Waals surface area contributed by atoms with Crippen LogP contribution < -0.4 is 10.4 Å². The molecule has 1 atom stereocenters. The summed E-state index contributed by atoms with van der Waals surface area (Å²) < 4.78 is 20.2. The number of halogens is 1. The van der Waals surface area contributed by atoms with E-state index in [1.807, 2.05) is 25.7 Å². The SMILES string of the molecule is CC(CCCCOC1(CI)CCN(C(=O)OC(C)(C)C)CC1)O[Si](c1ccccc1)(c1ccccc1)C(C)(C)C. The molecule has 222 valence electrons. The second kappa shape index (κ2) is 14.2. The molecule has 1 heterocycles. The third-order valence-electron chi connectivity index (χ3n) is 7.78. The molecule has 0 aromatic heterocycles. The van der Waals surface area contributed by atoms with E-state index in [2.05, 4.69) is 111 Å². The molecule has 0 radical (unpaired) electrons. The molecule has 0 spiro atoms. The summed E-state index contributed by atoms with van der Waals surface area (Å²) in [5.74, 6) is 0. The van der Waals surface area contributed by atoms with E-state index in [1.165, 1.54) is 10.4 Å². The van der Waals surface area contributed by atoms with Gasteiger partial charge in [-0.25, -0.2) is 4.79 Å². The molecule has 1 unspecified atom stereocenters. The molecule has 1 fully saturated rings. The van der Waals surface area contributed by atoms with Crippen molar-refractivity contribution in [1.82, 2.24) is 4.90 Å². The molecule has 2 aromatic carbocycles. The second-order valence-corrected chi connectivity index (χ2v) is 18.2. The Bertz CT molecular complexity index is 1000. The molecule has 1 aliphatic heterocycles. The van der Waals surface area contributed by atoms with Gasteiger partial charge >= 0.3 is 6.09 Å². The molecule has 5 nitrogen and oxygen atoms in total. The highest BCUT2D eigenvalue weighted by Gasteiger charge is 2.50. The number of alkyl halides is 1. The Hall–Kier alpha value is -1.42. The largest absolute Gasteiger partial charge is 0.444 e. The van der Waals surface area contributed by atoms with Gasteiger partial charge in [0.15, 0.2) is 0 Å². The average molecular weight is 680 g/mol. The maximum atomic E-state index is 12.5. The van der Waals surface area contributed by atoms with Crippen molar-refractivity contribution >= 4 is 47.4 Å². The van der Waals surface area contributed by atoms with Crippen LogP contribution >= 0.6 is 22.6 Å². The van der Waals surface area contributed by atoms with Crippen molar-refractivity contribution in [3.05, 3.63) is 60.7 Å². The van der Waals surface area contributed by atoms with Gasteiger partial charge in [0.1, 0.15) is 5.60 Å². The average Bonchev–Trinajstić information content (AvgIpc) is 2.91. The van der Waals surface area contributed by atoms with E-state index in [0.717, 1.165) is 43.1 Å². The molecule has 0 bridgehead atoms. The van der Waals surface area contributed by atoms with E-state index in [9.17, 15) is 4.79 Å². The third kappa shape index (κ3) is 8.55. The highest BCUT2D eigenvalue weighted by molar-refractivity contribution is 14.1. The summed E-state index contributed by atoms with van der Waals surface area (Å²) >= 11 is 2.44. The summed E-state index contributed by atoms with van der Waals surface area (Å²) in [6.07, 6.45) is 4.68. The van der Waals surface area contributed by atoms with Crippen LogP contribution in [0, 0.1) is 0 Å². The van der Waals surface area contributed by atoms with Gasteiger partial charge < -0.3 is 18.8 Å². The Balaban J connectivity index is 1.56. The molecule has 7 heteroatoms. The molecule has 1 aliphatic rings. The van der Waals surface area contributed by atoms with Crippen LogP contribution in [0.15, 0.2) is 60.7 Å². The topological polar surface area (TPSA) is 48.0 Å². The van der Waals surface area contributed by atoms with Crippen molar-refractivity contribution in [3.63, 3.8) is 0 Å². The maximum absolute atomic E-state index is 12.5. The van der Waals surface area contributed by atoms with E-state index in [0.29, 0.717) is 13.1 Å². The minimum Gasteiger partial charge on any atom is -0.444 e. The molecule has 1 saturated heterocycles. The van der Waals surface area contributed by atoms with Gasteiger partial charge in [-0.3, -0.25) is 0 Å². The van der Waals surface area contributed by atoms with Gasteiger partial charge in [0.05, 0.1) is 5.60 Å². The van der Waals surface area contributed by atoms with Crippen LogP contribution in [-0.4, -0.2) is 60.7 Å². The van der Waals surface area contributed by atoms with Crippen LogP contribution in [0.25, 0.3) is 0 Å². The van der Waals surface area contributed by atoms with Gasteiger partial charge in [0, 0.05) is 30.2 Å². The van der Waals surface area contributed by atoms with Crippen LogP contribution in [0.5, 0.6) is 0 Å². The first-order chi connectivity index (χ1) is 18.8. The van der Waals surface area contributed by atoms with Gasteiger partial charge in [-0.15, -0.1) is 0 Å². The van der Waals surface area contributed by atoms with Crippen molar-refractivity contribution < 1.29 is 18.7 Å². The molecular weight excluding hydrogens is 629 g/mol. The van der Waals surface area contributed by atoms with Gasteiger partial charge in [0.25, 0.3) is 8.32 Å². The summed E-state index contributed by atoms with van der Waals surface area (Å²) in [6.45, 7) is 17.1. The molecular formula is C33H50INO4Si. The number of likely N-dealkylation sites (tertiary alicyclic amines) is 1. The normalized spacial score (nSPS) is 16.9. The predicted octanol–water partition coefficient (Wildman–Crippen LogP) is 7.34. The minimum absolute atomic E-state index is 0.0199. The Kier molecular flexibility index (Phi) is 11.7. The fraction of sp³-hybridized carbons (Fsp3) is 0.606. The molecule has 0 N–H and O–H groups in total. The van der Waals surface area contributed by atoms with E-state index >= 15 is 0 Å². The van der Waals surface area contributed by atoms with Crippen molar-refractivity contribution in [2.45, 2.75) is 103 Å². The first kappa shape index (κ1) is 33.1. The van der Waals surface area contributed by atoms with Crippen molar-refractivity contribution in [2.75, 3.05) is 24.1 Å². The fourth-order valence-corrected chi connectivity index (χ4v) is 11.3. The molecule has 3 rings (SSSR count). The number of amides is 1. The van der Waals surface area contributed by atoms with E-state index in [1.54, 1.807) is 0 Å². The number of carbonyl (C=O) groups excluding carboxylic acids is 1. The first-order valence-electron chi connectivity index (χ1n) is 14.8. The number of hydrogen-bond acceptors (Lipinski definition) is 4. The lowest BCUT2D eigenvalue weighted by Crippen LogP contribution is -2.67. The van der Waals surface area contributed by atoms with E-state index in [-0.39, 0.29) is 22.8 Å². The number of nitrogens with zero attached hydrogens (tertiary/aromatic N) is 1. The lowest BCUT2D eigenvalue weighted by Gasteiger charge is -2.44. The number of ether oxygens (including phenoxy) is 2. The smallest absolute Gasteiger partial charge is 0.410 e. The number of piperidine rings is 1. The lowest BCUT2D eigenvalue weighted by atomic mass is 9.93.